The van der Waals surface area contributed by atoms with E-state index < -0.39 is 0 Å². The van der Waals surface area contributed by atoms with Crippen LogP contribution in [0.3, 0.4) is 0 Å². The van der Waals surface area contributed by atoms with Crippen LogP contribution in [-0.4, -0.2) is 34.9 Å². The second kappa shape index (κ2) is 5.91. The van der Waals surface area contributed by atoms with Gasteiger partial charge in [0, 0.05) is 0 Å². The number of hydrogen-bond acceptors (Lipinski definition) is 3. The van der Waals surface area contributed by atoms with Gasteiger partial charge in [0.1, 0.15) is 6.04 Å². The standard InChI is InChI=1S/C13H16N2O2S/c1-18-8-7-11-12(16)15(13(17)14-11)9-10-5-3-2-4-6-10/h2-6,11H,7-9H2,1H3,(H,14,17). The molecule has 1 aromatic rings. The first-order valence-corrected chi connectivity index (χ1v) is 7.26. The van der Waals surface area contributed by atoms with Crippen LogP contribution >= 0.6 is 11.8 Å². The van der Waals surface area contributed by atoms with Gasteiger partial charge in [-0.3, -0.25) is 9.69 Å². The minimum atomic E-state index is -0.353. The summed E-state index contributed by atoms with van der Waals surface area (Å²) in [6, 6.07) is 8.91. The highest BCUT2D eigenvalue weighted by atomic mass is 32.2. The first kappa shape index (κ1) is 13.0. The number of urea groups is 1. The molecule has 1 unspecified atom stereocenters. The summed E-state index contributed by atoms with van der Waals surface area (Å²) < 4.78 is 0. The van der Waals surface area contributed by atoms with Crippen molar-refractivity contribution in [3.63, 3.8) is 0 Å². The van der Waals surface area contributed by atoms with Crippen LogP contribution in [-0.2, 0) is 11.3 Å². The molecule has 2 rings (SSSR count). The third kappa shape index (κ3) is 2.85. The molecule has 1 aromatic carbocycles. The summed E-state index contributed by atoms with van der Waals surface area (Å²) in [6.45, 7) is 0.348. The molecule has 96 valence electrons. The van der Waals surface area contributed by atoms with E-state index in [-0.39, 0.29) is 18.0 Å². The zero-order valence-electron chi connectivity index (χ0n) is 10.3. The van der Waals surface area contributed by atoms with Crippen LogP contribution in [0.25, 0.3) is 0 Å². The van der Waals surface area contributed by atoms with Crippen molar-refractivity contribution in [1.82, 2.24) is 10.2 Å². The first-order valence-electron chi connectivity index (χ1n) is 5.87. The Morgan fingerprint density at radius 1 is 1.28 bits per heavy atom. The topological polar surface area (TPSA) is 49.4 Å². The minimum Gasteiger partial charge on any atom is -0.326 e. The Hall–Kier alpha value is -1.49. The summed E-state index contributed by atoms with van der Waals surface area (Å²) in [4.78, 5) is 25.1. The second-order valence-corrected chi connectivity index (χ2v) is 5.18. The molecule has 18 heavy (non-hydrogen) atoms. The average Bonchev–Trinajstić information content (AvgIpc) is 2.65. The van der Waals surface area contributed by atoms with Crippen molar-refractivity contribution in [3.8, 4) is 0 Å². The summed E-state index contributed by atoms with van der Waals surface area (Å²) in [6.07, 6.45) is 2.68. The van der Waals surface area contributed by atoms with Crippen LogP contribution < -0.4 is 5.32 Å². The van der Waals surface area contributed by atoms with E-state index in [2.05, 4.69) is 5.32 Å². The predicted octanol–water partition coefficient (Wildman–Crippen LogP) is 1.86. The molecule has 1 saturated heterocycles. The molecule has 0 aromatic heterocycles. The number of benzene rings is 1. The van der Waals surface area contributed by atoms with Crippen LogP contribution in [0, 0.1) is 0 Å². The molecule has 0 spiro atoms. The molecule has 1 fully saturated rings. The van der Waals surface area contributed by atoms with E-state index >= 15 is 0 Å². The SMILES string of the molecule is CSCCC1NC(=O)N(Cc2ccccc2)C1=O. The van der Waals surface area contributed by atoms with Crippen molar-refractivity contribution in [2.75, 3.05) is 12.0 Å². The van der Waals surface area contributed by atoms with Crippen LogP contribution in [0.1, 0.15) is 12.0 Å². The zero-order chi connectivity index (χ0) is 13.0. The number of thioether (sulfide) groups is 1. The molecule has 0 radical (unpaired) electrons. The molecule has 1 atom stereocenters. The van der Waals surface area contributed by atoms with E-state index in [4.69, 9.17) is 0 Å². The molecular formula is C13H16N2O2S. The number of rotatable bonds is 5. The van der Waals surface area contributed by atoms with E-state index in [0.29, 0.717) is 13.0 Å². The van der Waals surface area contributed by atoms with Crippen LogP contribution in [0.15, 0.2) is 30.3 Å². The molecule has 4 nitrogen and oxygen atoms in total. The zero-order valence-corrected chi connectivity index (χ0v) is 11.1. The predicted molar refractivity (Wildman–Crippen MR) is 72.3 cm³/mol. The highest BCUT2D eigenvalue weighted by Crippen LogP contribution is 2.15. The molecule has 3 amide bonds. The molecule has 1 N–H and O–H groups in total. The number of hydrogen-bond donors (Lipinski definition) is 1. The van der Waals surface area contributed by atoms with Gasteiger partial charge in [0.2, 0.25) is 0 Å². The highest BCUT2D eigenvalue weighted by molar-refractivity contribution is 7.98. The fourth-order valence-electron chi connectivity index (χ4n) is 1.92. The van der Waals surface area contributed by atoms with E-state index in [1.165, 1.54) is 4.90 Å². The summed E-state index contributed by atoms with van der Waals surface area (Å²) in [5.41, 5.74) is 0.964. The van der Waals surface area contributed by atoms with Crippen LogP contribution in [0.4, 0.5) is 4.79 Å². The van der Waals surface area contributed by atoms with Crippen LogP contribution in [0.5, 0.6) is 0 Å². The maximum Gasteiger partial charge on any atom is 0.325 e. The van der Waals surface area contributed by atoms with Gasteiger partial charge in [0.05, 0.1) is 6.54 Å². The lowest BCUT2D eigenvalue weighted by molar-refractivity contribution is -0.127. The van der Waals surface area contributed by atoms with Gasteiger partial charge in [-0.1, -0.05) is 30.3 Å². The lowest BCUT2D eigenvalue weighted by Crippen LogP contribution is -2.31. The maximum atomic E-state index is 12.1. The summed E-state index contributed by atoms with van der Waals surface area (Å²) >= 11 is 1.67. The quantitative estimate of drug-likeness (QED) is 0.826. The smallest absolute Gasteiger partial charge is 0.325 e. The maximum absolute atomic E-state index is 12.1. The van der Waals surface area contributed by atoms with Gasteiger partial charge in [-0.2, -0.15) is 11.8 Å². The normalized spacial score (nSPS) is 19.2. The van der Waals surface area contributed by atoms with Gasteiger partial charge in [-0.25, -0.2) is 4.79 Å². The van der Waals surface area contributed by atoms with Crippen molar-refractivity contribution in [3.05, 3.63) is 35.9 Å². The van der Waals surface area contributed by atoms with Gasteiger partial charge in [-0.15, -0.1) is 0 Å². The summed E-state index contributed by atoms with van der Waals surface area (Å²) in [5, 5.41) is 2.73. The largest absolute Gasteiger partial charge is 0.326 e. The van der Waals surface area contributed by atoms with E-state index in [1.54, 1.807) is 11.8 Å². The average molecular weight is 264 g/mol. The summed E-state index contributed by atoms with van der Waals surface area (Å²) in [5.74, 6) is 0.758. The number of nitrogens with zero attached hydrogens (tertiary/aromatic N) is 1. The molecule has 0 aliphatic carbocycles. The Labute approximate surface area is 111 Å². The number of carbonyl (C=O) groups excluding carboxylic acids is 2. The number of amides is 3. The van der Waals surface area contributed by atoms with Gasteiger partial charge in [0.25, 0.3) is 5.91 Å². The van der Waals surface area contributed by atoms with E-state index in [9.17, 15) is 9.59 Å². The van der Waals surface area contributed by atoms with Crippen molar-refractivity contribution < 1.29 is 9.59 Å². The molecule has 1 aliphatic heterocycles. The Morgan fingerprint density at radius 3 is 2.67 bits per heavy atom. The third-order valence-electron chi connectivity index (χ3n) is 2.90. The third-order valence-corrected chi connectivity index (χ3v) is 3.55. The highest BCUT2D eigenvalue weighted by Gasteiger charge is 2.37. The first-order chi connectivity index (χ1) is 8.72. The van der Waals surface area contributed by atoms with Gasteiger partial charge < -0.3 is 5.32 Å². The van der Waals surface area contributed by atoms with Gasteiger partial charge >= 0.3 is 6.03 Å². The fraction of sp³-hybridized carbons (Fsp3) is 0.385. The van der Waals surface area contributed by atoms with Gasteiger partial charge in [-0.05, 0) is 24.0 Å². The van der Waals surface area contributed by atoms with E-state index in [1.807, 2.05) is 36.6 Å². The Bertz CT molecular complexity index is 436. The summed E-state index contributed by atoms with van der Waals surface area (Å²) in [7, 11) is 0. The van der Waals surface area contributed by atoms with Crippen molar-refractivity contribution in [1.29, 1.82) is 0 Å². The Kier molecular flexibility index (Phi) is 4.25. The Morgan fingerprint density at radius 2 is 2.00 bits per heavy atom. The number of carbonyl (C=O) groups is 2. The Balaban J connectivity index is 2.01. The van der Waals surface area contributed by atoms with E-state index in [0.717, 1.165) is 11.3 Å². The lowest BCUT2D eigenvalue weighted by Gasteiger charge is -2.12. The fourth-order valence-corrected chi connectivity index (χ4v) is 2.40. The molecule has 0 bridgehead atoms. The monoisotopic (exact) mass is 264 g/mol. The molecular weight excluding hydrogens is 248 g/mol. The molecule has 1 heterocycles. The van der Waals surface area contributed by atoms with Crippen molar-refractivity contribution in [2.24, 2.45) is 0 Å². The van der Waals surface area contributed by atoms with Gasteiger partial charge in [0.15, 0.2) is 0 Å². The minimum absolute atomic E-state index is 0.113. The lowest BCUT2D eigenvalue weighted by atomic mass is 10.2. The molecule has 0 saturated carbocycles. The van der Waals surface area contributed by atoms with Crippen molar-refractivity contribution in [2.45, 2.75) is 19.0 Å². The second-order valence-electron chi connectivity index (χ2n) is 4.19. The number of imide groups is 1. The number of nitrogens with one attached hydrogen (secondary N) is 1. The molecule has 1 aliphatic rings. The van der Waals surface area contributed by atoms with Crippen molar-refractivity contribution >= 4 is 23.7 Å². The molecule has 5 heteroatoms. The van der Waals surface area contributed by atoms with Crippen LogP contribution in [0.2, 0.25) is 0 Å².